The molecule has 0 amide bonds. The molecule has 0 aromatic carbocycles. The van der Waals surface area contributed by atoms with Crippen LogP contribution in [0.15, 0.2) is 34.5 Å². The summed E-state index contributed by atoms with van der Waals surface area (Å²) in [5.41, 5.74) is 4.03. The number of phosphoric ester groups is 1. The predicted octanol–water partition coefficient (Wildman–Crippen LogP) is -0.347. The molecule has 6 rings (SSSR count). The summed E-state index contributed by atoms with van der Waals surface area (Å²) < 4.78 is 84.6. The molecule has 3 aliphatic rings. The standard InChI is InChI=1S/C19H21F2N7O11P2S.2H3N/c20-10-7-3-35-40(31,32)38-13-11(21)8(37-18(13)28-6-25-12-15(22)23-5-24-16(12)28)4-42-41(33,34)39-14(10)17(36-7)27-2-1-9(29)26-19(27)30;;/h1-2,5-8,10-11,13-14,17-18H,3-4H2,(H,31,32)(H,33,34)(H2,22,23,24)(H,26,29,30);2*1H3/t7-,8-,10-,11-,13-,14-,17-,18-;;/m1../s1. The van der Waals surface area contributed by atoms with E-state index in [0.29, 0.717) is 4.57 Å². The molecule has 3 fully saturated rings. The molecule has 3 aromatic heterocycles. The van der Waals surface area contributed by atoms with Crippen LogP contribution in [-0.4, -0.2) is 78.2 Å². The molecular weight excluding hydrogens is 662 g/mol. The molecule has 6 heterocycles. The largest absolute Gasteiger partial charge is 0.770 e. The number of alkyl halides is 2. The maximum Gasteiger partial charge on any atom is 0.330 e. The molecule has 244 valence electrons. The number of hydrogen-bond acceptors (Lipinski definition) is 16. The molecule has 11 N–H and O–H groups in total. The Balaban J connectivity index is 0.00000221. The van der Waals surface area contributed by atoms with Crippen LogP contribution in [0.1, 0.15) is 12.5 Å². The molecule has 3 aromatic rings. The first-order chi connectivity index (χ1) is 19.8. The van der Waals surface area contributed by atoms with Crippen molar-refractivity contribution in [3.63, 3.8) is 0 Å². The number of phosphoric acid groups is 1. The summed E-state index contributed by atoms with van der Waals surface area (Å²) in [7, 11) is -5.44. The highest BCUT2D eigenvalue weighted by Crippen LogP contribution is 2.57. The van der Waals surface area contributed by atoms with Crippen LogP contribution in [0.5, 0.6) is 0 Å². The summed E-state index contributed by atoms with van der Waals surface area (Å²) in [4.78, 5) is 63.3. The molecule has 25 heteroatoms. The molecule has 0 aliphatic carbocycles. The molecule has 0 spiro atoms. The van der Waals surface area contributed by atoms with Crippen molar-refractivity contribution in [3.8, 4) is 0 Å². The second-order valence-corrected chi connectivity index (χ2v) is 14.4. The lowest BCUT2D eigenvalue weighted by Crippen LogP contribution is -2.38. The van der Waals surface area contributed by atoms with Gasteiger partial charge in [-0.15, -0.1) is 0 Å². The number of fused-ring (bicyclic) bond motifs is 5. The molecule has 2 unspecified atom stereocenters. The number of aromatic nitrogens is 6. The van der Waals surface area contributed by atoms with Gasteiger partial charge in [0.1, 0.15) is 36.3 Å². The van der Waals surface area contributed by atoms with Crippen molar-refractivity contribution in [2.75, 3.05) is 18.1 Å². The number of anilines is 1. The fourth-order valence-electron chi connectivity index (χ4n) is 4.70. The van der Waals surface area contributed by atoms with Crippen LogP contribution in [0.4, 0.5) is 14.6 Å². The number of ether oxygens (including phenoxy) is 2. The van der Waals surface area contributed by atoms with Gasteiger partial charge < -0.3 is 50.9 Å². The number of nitrogens with two attached hydrogens (primary N) is 1. The van der Waals surface area contributed by atoms with Crippen molar-refractivity contribution in [1.82, 2.24) is 41.4 Å². The lowest BCUT2D eigenvalue weighted by atomic mass is 10.1. The van der Waals surface area contributed by atoms with Gasteiger partial charge in [-0.1, -0.05) is 11.4 Å². The molecule has 0 saturated carbocycles. The van der Waals surface area contributed by atoms with Gasteiger partial charge in [0, 0.05) is 18.0 Å². The van der Waals surface area contributed by atoms with E-state index in [0.717, 1.165) is 29.5 Å². The van der Waals surface area contributed by atoms with Crippen LogP contribution in [-0.2, 0) is 32.2 Å². The Morgan fingerprint density at radius 2 is 1.66 bits per heavy atom. The van der Waals surface area contributed by atoms with Gasteiger partial charge in [-0.2, -0.15) is 0 Å². The van der Waals surface area contributed by atoms with E-state index in [9.17, 15) is 28.5 Å². The third kappa shape index (κ3) is 6.36. The van der Waals surface area contributed by atoms with Crippen molar-refractivity contribution < 1.29 is 50.7 Å². The molecule has 4 bridgehead atoms. The van der Waals surface area contributed by atoms with E-state index in [2.05, 4.69) is 15.0 Å². The van der Waals surface area contributed by atoms with Crippen molar-refractivity contribution in [3.05, 3.63) is 45.8 Å². The average Bonchev–Trinajstić information content (AvgIpc) is 3.57. The zero-order valence-electron chi connectivity index (χ0n) is 22.7. The summed E-state index contributed by atoms with van der Waals surface area (Å²) >= 11 is 0.0580. The van der Waals surface area contributed by atoms with Crippen molar-refractivity contribution >= 4 is 43.0 Å². The second kappa shape index (κ2) is 12.6. The zero-order valence-corrected chi connectivity index (χ0v) is 25.3. The van der Waals surface area contributed by atoms with E-state index >= 15 is 8.78 Å². The monoisotopic (exact) mass is 689 g/mol. The quantitative estimate of drug-likeness (QED) is 0.250. The molecule has 44 heavy (non-hydrogen) atoms. The predicted molar refractivity (Wildman–Crippen MR) is 144 cm³/mol. The highest BCUT2D eigenvalue weighted by atomic mass is 32.7. The number of nitrogens with one attached hydrogen (secondary N) is 1. The van der Waals surface area contributed by atoms with E-state index in [1.54, 1.807) is 0 Å². The number of quaternary nitrogens is 2. The number of aromatic amines is 1. The highest BCUT2D eigenvalue weighted by molar-refractivity contribution is 8.54. The lowest BCUT2D eigenvalue weighted by molar-refractivity contribution is -0.236. The number of nitrogen functional groups attached to an aromatic ring is 1. The minimum absolute atomic E-state index is 0. The molecule has 10 atom stereocenters. The van der Waals surface area contributed by atoms with Gasteiger partial charge in [-0.05, 0) is 0 Å². The van der Waals surface area contributed by atoms with Gasteiger partial charge in [-0.25, -0.2) is 28.5 Å². The maximum absolute atomic E-state index is 15.7. The Bertz CT molecular complexity index is 1730. The van der Waals surface area contributed by atoms with E-state index in [1.165, 1.54) is 0 Å². The first-order valence-corrected chi connectivity index (χ1v) is 16.5. The summed E-state index contributed by atoms with van der Waals surface area (Å²) in [5, 5.41) is 0. The van der Waals surface area contributed by atoms with E-state index in [1.807, 2.05) is 4.98 Å². The number of rotatable bonds is 2. The number of hydrogen-bond donors (Lipinski definition) is 4. The first kappa shape index (κ1) is 34.2. The van der Waals surface area contributed by atoms with Crippen molar-refractivity contribution in [2.45, 2.75) is 49.2 Å². The Kier molecular flexibility index (Phi) is 9.81. The van der Waals surface area contributed by atoms with E-state index in [-0.39, 0.29) is 40.7 Å². The number of halogens is 2. The highest BCUT2D eigenvalue weighted by Gasteiger charge is 2.52. The van der Waals surface area contributed by atoms with Crippen molar-refractivity contribution in [1.29, 1.82) is 0 Å². The third-order valence-electron chi connectivity index (χ3n) is 6.61. The smallest absolute Gasteiger partial charge is 0.330 e. The Hall–Kier alpha value is -2.66. The Labute approximate surface area is 248 Å². The average molecular weight is 689 g/mol. The van der Waals surface area contributed by atoms with Crippen LogP contribution in [0.2, 0.25) is 0 Å². The fraction of sp³-hybridized carbons (Fsp3) is 0.526. The van der Waals surface area contributed by atoms with Gasteiger partial charge in [0.25, 0.3) is 13.4 Å². The van der Waals surface area contributed by atoms with Crippen LogP contribution in [0.3, 0.4) is 0 Å². The normalized spacial score (nSPS) is 37.5. The van der Waals surface area contributed by atoms with Crippen LogP contribution < -0.4 is 39.1 Å². The minimum atomic E-state index is -5.44. The van der Waals surface area contributed by atoms with Crippen LogP contribution in [0.25, 0.3) is 11.2 Å². The van der Waals surface area contributed by atoms with E-state index in [4.69, 9.17) is 28.8 Å². The van der Waals surface area contributed by atoms with Gasteiger partial charge in [0.15, 0.2) is 43.1 Å². The summed E-state index contributed by atoms with van der Waals surface area (Å²) in [5.74, 6) is -0.694. The summed E-state index contributed by atoms with van der Waals surface area (Å²) in [6, 6.07) is 0.891. The number of nitrogens with zero attached hydrogens (tertiary/aromatic N) is 5. The summed E-state index contributed by atoms with van der Waals surface area (Å²) in [6.07, 6.45) is -12.1. The topological polar surface area (TPSA) is 324 Å². The SMILES string of the molecule is Nc1ncnc2c1ncn2[C@@H]1O[C@@H]2CSP(=O)([O-])O[C@@H]3[C@H](F)[C@@H](COP(=O)([O-])O[C@@H]1[C@@H]2F)O[C@H]3n1ccc(=O)[nH]c1=O.[NH4+].[NH4+]. The van der Waals surface area contributed by atoms with Crippen molar-refractivity contribution in [2.24, 2.45) is 0 Å². The molecular formula is C19H27F2N9O11P2S. The van der Waals surface area contributed by atoms with Gasteiger partial charge >= 0.3 is 5.69 Å². The number of H-pyrrole nitrogens is 1. The molecule has 20 nitrogen and oxygen atoms in total. The fourth-order valence-corrected chi connectivity index (χ4v) is 8.25. The van der Waals surface area contributed by atoms with Crippen LogP contribution in [0, 0.1) is 0 Å². The van der Waals surface area contributed by atoms with Gasteiger partial charge in [0.2, 0.25) is 0 Å². The number of imidazole rings is 1. The molecule has 3 aliphatic heterocycles. The van der Waals surface area contributed by atoms with E-state index < -0.39 is 87.4 Å². The minimum Gasteiger partial charge on any atom is -0.770 e. The molecule has 3 saturated heterocycles. The zero-order chi connectivity index (χ0) is 30.0. The second-order valence-electron chi connectivity index (χ2n) is 9.25. The van der Waals surface area contributed by atoms with Crippen LogP contribution >= 0.6 is 26.0 Å². The Morgan fingerprint density at radius 1 is 1.00 bits per heavy atom. The first-order valence-electron chi connectivity index (χ1n) is 11.9. The molecule has 0 radical (unpaired) electrons. The maximum atomic E-state index is 15.7. The summed E-state index contributed by atoms with van der Waals surface area (Å²) in [6.45, 7) is -6.16. The van der Waals surface area contributed by atoms with Gasteiger partial charge in [-0.3, -0.25) is 28.0 Å². The van der Waals surface area contributed by atoms with Gasteiger partial charge in [0.05, 0.1) is 12.9 Å². The lowest BCUT2D eigenvalue weighted by Gasteiger charge is -2.31. The third-order valence-corrected chi connectivity index (χ3v) is 10.5. The Morgan fingerprint density at radius 3 is 2.39 bits per heavy atom.